The standard InChI is InChI=1S/C71H113N11O17S2/c1-41(2)37-49(76-57(84)45(72)38-43-39-82(67(95)99-71(13,14)15)51-24-19-18-23-44(43)51)58(85)77-50(40-96-68(4,5)6)59(86)78-56(42(3)97-69(7,8)9)65(92)81-34-22-27-54(81)61(88)73-46(28-29-55(83)98-70(10,11)12)63(90)79-32-20-25-52(79)60(87)74-47(30-35-100-16)64(91)80-33-21-26-53(80)62(89)75-48(66(93)94)31-36-101-17/h18-19,23-24,39,41-42,45-50,52-54,56H,20-22,25-38,40,72H2,1-17H3,(H,73,88)(H,74,87)(H,75,89)(H,76,84)(H,77,85)(H,78,86)(H,93,94)/t42-,45+,46+,47+,48+,49+,50+,52+,53+,54+,56+/m1/s1. The van der Waals surface area contributed by atoms with Gasteiger partial charge in [-0.2, -0.15) is 23.5 Å². The van der Waals surface area contributed by atoms with Crippen LogP contribution in [0.2, 0.25) is 0 Å². The van der Waals surface area contributed by atoms with Crippen molar-refractivity contribution >= 4 is 106 Å². The zero-order valence-electron chi connectivity index (χ0n) is 62.2. The van der Waals surface area contributed by atoms with E-state index in [9.17, 15) is 53.1 Å². The summed E-state index contributed by atoms with van der Waals surface area (Å²) >= 11 is 2.86. The van der Waals surface area contributed by atoms with E-state index >= 15 is 9.59 Å². The Balaban J connectivity index is 1.39. The van der Waals surface area contributed by atoms with E-state index in [-0.39, 0.29) is 83.3 Å². The fourth-order valence-corrected chi connectivity index (χ4v) is 13.4. The first kappa shape index (κ1) is 84.6. The van der Waals surface area contributed by atoms with Crippen molar-refractivity contribution in [3.05, 3.63) is 36.0 Å². The molecule has 0 unspecified atom stereocenters. The Labute approximate surface area is 603 Å². The molecule has 30 heteroatoms. The van der Waals surface area contributed by atoms with Crippen LogP contribution in [0.5, 0.6) is 0 Å². The molecule has 1 aromatic heterocycles. The number of hydrogen-bond acceptors (Lipinski definition) is 19. The maximum absolute atomic E-state index is 15.3. The lowest BCUT2D eigenvalue weighted by atomic mass is 10.0. The molecule has 0 aliphatic carbocycles. The van der Waals surface area contributed by atoms with E-state index in [0.29, 0.717) is 47.2 Å². The van der Waals surface area contributed by atoms with Crippen LogP contribution in [0.4, 0.5) is 4.79 Å². The molecule has 11 atom stereocenters. The largest absolute Gasteiger partial charge is 0.480 e. The molecule has 3 fully saturated rings. The van der Waals surface area contributed by atoms with Crippen LogP contribution in [0.3, 0.4) is 0 Å². The van der Waals surface area contributed by atoms with Crippen molar-refractivity contribution in [3.63, 3.8) is 0 Å². The maximum atomic E-state index is 15.3. The Morgan fingerprint density at radius 3 is 1.50 bits per heavy atom. The quantitative estimate of drug-likeness (QED) is 0.0438. The first-order chi connectivity index (χ1) is 47.0. The van der Waals surface area contributed by atoms with Gasteiger partial charge in [0.05, 0.1) is 35.5 Å². The first-order valence-electron chi connectivity index (χ1n) is 35.1. The van der Waals surface area contributed by atoms with Crippen molar-refractivity contribution in [2.45, 2.75) is 270 Å². The smallest absolute Gasteiger partial charge is 0.419 e. The number of aliphatic carboxylic acids is 1. The van der Waals surface area contributed by atoms with Crippen molar-refractivity contribution in [1.82, 2.24) is 51.2 Å². The number of carboxylic acid groups (broad SMARTS) is 1. The van der Waals surface area contributed by atoms with Crippen LogP contribution in [0.25, 0.3) is 10.9 Å². The number of ether oxygens (including phenoxy) is 4. The molecule has 101 heavy (non-hydrogen) atoms. The Hall–Kier alpha value is -7.02. The summed E-state index contributed by atoms with van der Waals surface area (Å²) < 4.78 is 25.1. The van der Waals surface area contributed by atoms with Crippen LogP contribution >= 0.6 is 23.5 Å². The second-order valence-electron chi connectivity index (χ2n) is 30.7. The topological polar surface area (TPSA) is 375 Å². The summed E-state index contributed by atoms with van der Waals surface area (Å²) in [6.45, 7) is 25.9. The predicted molar refractivity (Wildman–Crippen MR) is 385 cm³/mol. The first-order valence-corrected chi connectivity index (χ1v) is 37.9. The number of nitrogens with two attached hydrogens (primary N) is 1. The fraction of sp³-hybridized carbons (Fsp3) is 0.718. The number of nitrogens with zero attached hydrogens (tertiary/aromatic N) is 4. The van der Waals surface area contributed by atoms with Gasteiger partial charge in [-0.05, 0) is 202 Å². The highest BCUT2D eigenvalue weighted by Crippen LogP contribution is 2.28. The number of aromatic nitrogens is 1. The van der Waals surface area contributed by atoms with E-state index in [1.807, 2.05) is 26.4 Å². The van der Waals surface area contributed by atoms with Gasteiger partial charge < -0.3 is 76.4 Å². The van der Waals surface area contributed by atoms with Crippen molar-refractivity contribution < 1.29 is 81.6 Å². The number of nitrogens with one attached hydrogen (secondary N) is 6. The number of hydrogen-bond donors (Lipinski definition) is 8. The molecule has 9 amide bonds. The van der Waals surface area contributed by atoms with E-state index in [1.165, 1.54) is 42.8 Å². The molecule has 3 aliphatic heterocycles. The minimum atomic E-state index is -1.51. The average molecular weight is 1460 g/mol. The lowest BCUT2D eigenvalue weighted by molar-refractivity contribution is -0.155. The summed E-state index contributed by atoms with van der Waals surface area (Å²) in [7, 11) is 0. The molecule has 1 aromatic carbocycles. The van der Waals surface area contributed by atoms with E-state index in [2.05, 4.69) is 31.9 Å². The highest BCUT2D eigenvalue weighted by atomic mass is 32.2. The number of thioether (sulfide) groups is 2. The second-order valence-corrected chi connectivity index (χ2v) is 32.7. The second kappa shape index (κ2) is 37.4. The summed E-state index contributed by atoms with van der Waals surface area (Å²) in [6, 6.07) is -5.44. The maximum Gasteiger partial charge on any atom is 0.419 e. The highest BCUT2D eigenvalue weighted by Gasteiger charge is 2.46. The van der Waals surface area contributed by atoms with Crippen LogP contribution < -0.4 is 37.6 Å². The molecule has 566 valence electrons. The number of carboxylic acids is 1. The molecule has 28 nitrogen and oxygen atoms in total. The molecule has 4 heterocycles. The van der Waals surface area contributed by atoms with Gasteiger partial charge in [-0.1, -0.05) is 32.0 Å². The summed E-state index contributed by atoms with van der Waals surface area (Å²) in [4.78, 5) is 174. The average Bonchev–Trinajstić information content (AvgIpc) is 1.67. The van der Waals surface area contributed by atoms with Gasteiger partial charge in [0, 0.05) is 37.6 Å². The van der Waals surface area contributed by atoms with E-state index < -0.39 is 167 Å². The molecule has 0 saturated carbocycles. The molecular formula is C71H113N11O17S2. The highest BCUT2D eigenvalue weighted by molar-refractivity contribution is 7.98. The number of esters is 1. The summed E-state index contributed by atoms with van der Waals surface area (Å²) in [5.41, 5.74) is 4.27. The molecule has 2 aromatic rings. The zero-order chi connectivity index (χ0) is 75.6. The Kier molecular flexibility index (Phi) is 31.4. The van der Waals surface area contributed by atoms with Gasteiger partial charge in [0.25, 0.3) is 0 Å². The van der Waals surface area contributed by atoms with Crippen LogP contribution in [-0.2, 0) is 78.1 Å². The van der Waals surface area contributed by atoms with Gasteiger partial charge in [0.15, 0.2) is 0 Å². The molecule has 3 saturated heterocycles. The van der Waals surface area contributed by atoms with E-state index in [4.69, 9.17) is 24.7 Å². The third-order valence-corrected chi connectivity index (χ3v) is 18.3. The number of amides is 9. The molecule has 0 spiro atoms. The third-order valence-electron chi connectivity index (χ3n) is 17.0. The lowest BCUT2D eigenvalue weighted by Gasteiger charge is -2.36. The molecule has 5 rings (SSSR count). The Bertz CT molecular complexity index is 3250. The van der Waals surface area contributed by atoms with Crippen LogP contribution in [0, 0.1) is 5.92 Å². The number of para-hydroxylation sites is 1. The number of fused-ring (bicyclic) bond motifs is 1. The van der Waals surface area contributed by atoms with E-state index in [1.54, 1.807) is 120 Å². The SMILES string of the molecule is CSCC[C@H](NC(=O)[C@@H]1CCCN1C(=O)[C@H](CCSC)NC(=O)[C@@H]1CCCN1C(=O)[C@H](CCC(=O)OC(C)(C)C)NC(=O)[C@@H]1CCCN1C(=O)[C@@H](NC(=O)[C@H](COC(C)(C)C)NC(=O)[C@H](CC(C)C)NC(=O)[C@@H](N)Cc1cn(C(=O)OC(C)(C)C)c2ccccc12)[C@@H](C)OC(C)(C)C)C(=O)O. The molecular weight excluding hydrogens is 1340 g/mol. The van der Waals surface area contributed by atoms with E-state index in [0.717, 1.165) is 0 Å². The van der Waals surface area contributed by atoms with Gasteiger partial charge in [-0.15, -0.1) is 0 Å². The minimum Gasteiger partial charge on any atom is -0.480 e. The number of likely N-dealkylation sites (tertiary alicyclic amines) is 3. The number of rotatable bonds is 33. The Morgan fingerprint density at radius 2 is 1.03 bits per heavy atom. The van der Waals surface area contributed by atoms with Crippen molar-refractivity contribution in [3.8, 4) is 0 Å². The summed E-state index contributed by atoms with van der Waals surface area (Å²) in [6.07, 6.45) is 5.00. The Morgan fingerprint density at radius 1 is 0.564 bits per heavy atom. The fourth-order valence-electron chi connectivity index (χ4n) is 12.4. The number of carbonyl (C=O) groups is 12. The van der Waals surface area contributed by atoms with Gasteiger partial charge in [-0.3, -0.25) is 52.5 Å². The number of benzene rings is 1. The van der Waals surface area contributed by atoms with Crippen LogP contribution in [-0.4, -0.2) is 235 Å². The summed E-state index contributed by atoms with van der Waals surface area (Å²) in [5.74, 6) is -7.47. The minimum absolute atomic E-state index is 0.0224. The third kappa shape index (κ3) is 26.0. The van der Waals surface area contributed by atoms with Gasteiger partial charge >= 0.3 is 18.0 Å². The zero-order valence-corrected chi connectivity index (χ0v) is 63.8. The van der Waals surface area contributed by atoms with Crippen LogP contribution in [0.15, 0.2) is 30.5 Å². The molecule has 9 N–H and O–H groups in total. The van der Waals surface area contributed by atoms with Gasteiger partial charge in [0.1, 0.15) is 65.6 Å². The van der Waals surface area contributed by atoms with Gasteiger partial charge in [0.2, 0.25) is 53.2 Å². The molecule has 0 radical (unpaired) electrons. The lowest BCUT2D eigenvalue weighted by Crippen LogP contribution is -2.63. The van der Waals surface area contributed by atoms with Crippen molar-refractivity contribution in [2.75, 3.05) is 50.3 Å². The van der Waals surface area contributed by atoms with Gasteiger partial charge in [-0.25, -0.2) is 9.59 Å². The number of carbonyl (C=O) groups excluding carboxylic acids is 11. The summed E-state index contributed by atoms with van der Waals surface area (Å²) in [5, 5.41) is 27.2. The monoisotopic (exact) mass is 1460 g/mol. The van der Waals surface area contributed by atoms with Crippen molar-refractivity contribution in [2.24, 2.45) is 11.7 Å². The normalized spacial score (nSPS) is 19.1. The van der Waals surface area contributed by atoms with Crippen molar-refractivity contribution in [1.29, 1.82) is 0 Å². The molecule has 0 bridgehead atoms. The van der Waals surface area contributed by atoms with Crippen LogP contribution in [0.1, 0.15) is 180 Å². The predicted octanol–water partition coefficient (Wildman–Crippen LogP) is 4.95. The molecule has 3 aliphatic rings.